The molecular formula is C36H59N2O4+. The molecule has 2 heterocycles. The summed E-state index contributed by atoms with van der Waals surface area (Å²) in [4.78, 5) is 27.5. The van der Waals surface area contributed by atoms with Crippen LogP contribution in [-0.2, 0) is 19.1 Å². The molecule has 0 aromatic rings. The van der Waals surface area contributed by atoms with Gasteiger partial charge in [0.1, 0.15) is 12.1 Å². The quantitative estimate of drug-likeness (QED) is 0.202. The maximum absolute atomic E-state index is 12.6. The van der Waals surface area contributed by atoms with Crippen LogP contribution in [0.25, 0.3) is 0 Å². The van der Waals surface area contributed by atoms with Crippen molar-refractivity contribution in [3.63, 3.8) is 0 Å². The van der Waals surface area contributed by atoms with Crippen LogP contribution in [0.4, 0.5) is 0 Å². The minimum absolute atomic E-state index is 0.00494. The van der Waals surface area contributed by atoms with Crippen molar-refractivity contribution in [1.82, 2.24) is 4.90 Å². The van der Waals surface area contributed by atoms with Crippen molar-refractivity contribution in [1.29, 1.82) is 0 Å². The van der Waals surface area contributed by atoms with Crippen LogP contribution in [0.3, 0.4) is 0 Å². The smallest absolute Gasteiger partial charge is 0.303 e. The number of fused-ring (bicyclic) bond motifs is 5. The first-order chi connectivity index (χ1) is 20.1. The van der Waals surface area contributed by atoms with E-state index < -0.39 is 0 Å². The lowest BCUT2D eigenvalue weighted by Crippen LogP contribution is -2.63. The number of rotatable bonds is 6. The first-order valence-electron chi connectivity index (χ1n) is 17.7. The third-order valence-electron chi connectivity index (χ3n) is 14.0. The van der Waals surface area contributed by atoms with Gasteiger partial charge in [-0.25, -0.2) is 0 Å². The first kappa shape index (κ1) is 30.6. The zero-order chi connectivity index (χ0) is 29.7. The maximum atomic E-state index is 12.6. The van der Waals surface area contributed by atoms with Crippen LogP contribution in [0.1, 0.15) is 111 Å². The highest BCUT2D eigenvalue weighted by atomic mass is 16.5. The molecule has 0 N–H and O–H groups in total. The van der Waals surface area contributed by atoms with Crippen molar-refractivity contribution >= 4 is 11.9 Å². The monoisotopic (exact) mass is 583 g/mol. The molecule has 0 radical (unpaired) electrons. The third kappa shape index (κ3) is 5.18. The summed E-state index contributed by atoms with van der Waals surface area (Å²) in [7, 11) is 0. The fourth-order valence-corrected chi connectivity index (χ4v) is 12.1. The average molecular weight is 584 g/mol. The number of carbonyl (C=O) groups is 2. The fourth-order valence-electron chi connectivity index (χ4n) is 12.1. The molecule has 236 valence electrons. The molecule has 6 rings (SSSR count). The Bertz CT molecular complexity index is 1020. The highest BCUT2D eigenvalue weighted by Crippen LogP contribution is 2.68. The summed E-state index contributed by atoms with van der Waals surface area (Å²) in [6.07, 6.45) is 18.2. The van der Waals surface area contributed by atoms with Gasteiger partial charge in [-0.15, -0.1) is 0 Å². The second-order valence-electron chi connectivity index (χ2n) is 16.0. The van der Waals surface area contributed by atoms with Crippen molar-refractivity contribution in [2.24, 2.45) is 34.5 Å². The Morgan fingerprint density at radius 1 is 0.881 bits per heavy atom. The van der Waals surface area contributed by atoms with Gasteiger partial charge in [-0.1, -0.05) is 26.8 Å². The van der Waals surface area contributed by atoms with Crippen LogP contribution in [0.15, 0.2) is 12.7 Å². The molecule has 2 saturated heterocycles. The van der Waals surface area contributed by atoms with E-state index in [0.29, 0.717) is 35.8 Å². The van der Waals surface area contributed by atoms with Crippen LogP contribution in [-0.4, -0.2) is 78.3 Å². The molecule has 0 amide bonds. The summed E-state index contributed by atoms with van der Waals surface area (Å²) < 4.78 is 13.6. The summed E-state index contributed by atoms with van der Waals surface area (Å²) in [5, 5.41) is 0. The highest BCUT2D eigenvalue weighted by molar-refractivity contribution is 5.66. The van der Waals surface area contributed by atoms with E-state index in [2.05, 4.69) is 31.4 Å². The molecule has 0 spiro atoms. The third-order valence-corrected chi connectivity index (χ3v) is 14.0. The molecule has 4 aliphatic carbocycles. The van der Waals surface area contributed by atoms with Crippen LogP contribution >= 0.6 is 0 Å². The molecule has 42 heavy (non-hydrogen) atoms. The molecule has 6 nitrogen and oxygen atoms in total. The molecule has 0 bridgehead atoms. The molecule has 4 saturated carbocycles. The van der Waals surface area contributed by atoms with Gasteiger partial charge in [-0.3, -0.25) is 14.5 Å². The largest absolute Gasteiger partial charge is 0.461 e. The number of piperidine rings is 2. The van der Waals surface area contributed by atoms with Gasteiger partial charge < -0.3 is 14.0 Å². The van der Waals surface area contributed by atoms with E-state index in [1.165, 1.54) is 77.3 Å². The lowest BCUT2D eigenvalue weighted by Gasteiger charge is -2.62. The first-order valence-corrected chi connectivity index (χ1v) is 17.7. The molecule has 2 aliphatic heterocycles. The Morgan fingerprint density at radius 2 is 1.57 bits per heavy atom. The van der Waals surface area contributed by atoms with Crippen LogP contribution < -0.4 is 0 Å². The highest BCUT2D eigenvalue weighted by Gasteiger charge is 2.67. The summed E-state index contributed by atoms with van der Waals surface area (Å²) in [5.41, 5.74) is 0.322. The molecule has 3 unspecified atom stereocenters. The van der Waals surface area contributed by atoms with Crippen molar-refractivity contribution in [3.8, 4) is 0 Å². The predicted octanol–water partition coefficient (Wildman–Crippen LogP) is 6.52. The number of likely N-dealkylation sites (tertiary alicyclic amines) is 2. The standard InChI is InChI=1S/C36H59N2O4/c1-6-19-38(20-11-8-12-21-38)32-23-30-28-14-13-27-22-33(41-25(2)39)31(37-17-9-7-10-18-37)24-36(27,5)29(28)15-16-35(30,4)34(32)42-26(3)40/h6,27-34H,1,7-24H2,2-5H3/q+1/t27-,28?,29?,30?,31-,32-,33-,34-,35-,36-/m0/s1. The van der Waals surface area contributed by atoms with Crippen molar-refractivity contribution in [2.45, 2.75) is 135 Å². The van der Waals surface area contributed by atoms with Gasteiger partial charge in [0.05, 0.1) is 19.6 Å². The Kier molecular flexibility index (Phi) is 8.63. The van der Waals surface area contributed by atoms with E-state index in [4.69, 9.17) is 9.47 Å². The van der Waals surface area contributed by atoms with Gasteiger partial charge in [0.2, 0.25) is 0 Å². The lowest BCUT2D eigenvalue weighted by molar-refractivity contribution is -0.952. The fraction of sp³-hybridized carbons (Fsp3) is 0.889. The van der Waals surface area contributed by atoms with Crippen molar-refractivity contribution in [2.75, 3.05) is 32.7 Å². The zero-order valence-corrected chi connectivity index (χ0v) is 27.2. The van der Waals surface area contributed by atoms with E-state index in [0.717, 1.165) is 43.4 Å². The molecule has 6 fully saturated rings. The number of hydrogen-bond acceptors (Lipinski definition) is 5. The van der Waals surface area contributed by atoms with Gasteiger partial charge >= 0.3 is 11.9 Å². The number of carbonyl (C=O) groups excluding carboxylic acids is 2. The van der Waals surface area contributed by atoms with Crippen LogP contribution in [0, 0.1) is 34.5 Å². The van der Waals surface area contributed by atoms with Crippen molar-refractivity contribution in [3.05, 3.63) is 12.7 Å². The molecule has 0 aromatic carbocycles. The van der Waals surface area contributed by atoms with E-state index in [-0.39, 0.29) is 35.0 Å². The summed E-state index contributed by atoms with van der Waals surface area (Å²) in [6, 6.07) is 0.731. The van der Waals surface area contributed by atoms with Gasteiger partial charge in [-0.2, -0.15) is 0 Å². The zero-order valence-electron chi connectivity index (χ0n) is 27.2. The average Bonchev–Trinajstić information content (AvgIpc) is 3.26. The predicted molar refractivity (Wildman–Crippen MR) is 166 cm³/mol. The minimum atomic E-state index is -0.115. The number of esters is 2. The van der Waals surface area contributed by atoms with Gasteiger partial charge in [0.25, 0.3) is 0 Å². The number of quaternary nitrogens is 1. The Hall–Kier alpha value is -1.40. The second kappa shape index (κ2) is 11.8. The lowest BCUT2D eigenvalue weighted by atomic mass is 9.44. The van der Waals surface area contributed by atoms with Gasteiger partial charge in [0, 0.05) is 31.7 Å². The minimum Gasteiger partial charge on any atom is -0.461 e. The van der Waals surface area contributed by atoms with Gasteiger partial charge in [0.15, 0.2) is 6.10 Å². The van der Waals surface area contributed by atoms with Gasteiger partial charge in [-0.05, 0) is 119 Å². The summed E-state index contributed by atoms with van der Waals surface area (Å²) in [5.74, 6) is 2.39. The van der Waals surface area contributed by atoms with E-state index in [1.54, 1.807) is 13.8 Å². The molecule has 6 aliphatic rings. The van der Waals surface area contributed by atoms with E-state index in [9.17, 15) is 9.59 Å². The molecule has 10 atom stereocenters. The maximum Gasteiger partial charge on any atom is 0.303 e. The normalized spacial score (nSPS) is 45.1. The van der Waals surface area contributed by atoms with Crippen molar-refractivity contribution < 1.29 is 23.5 Å². The Morgan fingerprint density at radius 3 is 2.24 bits per heavy atom. The molecule has 6 heteroatoms. The van der Waals surface area contributed by atoms with Crippen LogP contribution in [0.2, 0.25) is 0 Å². The second-order valence-corrected chi connectivity index (χ2v) is 16.0. The Balaban J connectivity index is 1.31. The number of hydrogen-bond donors (Lipinski definition) is 0. The molecule has 0 aromatic heterocycles. The Labute approximate surface area is 255 Å². The topological polar surface area (TPSA) is 55.8 Å². The SMILES string of the molecule is C=CC[N+]1([C@H]2CC3C4CC[C@H]5C[C@H](OC(C)=O)[C@@H](N6CCCCC6)C[C@]5(C)C4CC[C@]3(C)[C@H]2OC(C)=O)CCCCC1. The van der Waals surface area contributed by atoms with Crippen LogP contribution in [0.5, 0.6) is 0 Å². The number of nitrogens with zero attached hydrogens (tertiary/aromatic N) is 2. The summed E-state index contributed by atoms with van der Waals surface area (Å²) >= 11 is 0. The van der Waals surface area contributed by atoms with E-state index >= 15 is 0 Å². The number of ether oxygens (including phenoxy) is 2. The molecular weight excluding hydrogens is 524 g/mol. The summed E-state index contributed by atoms with van der Waals surface area (Å²) in [6.45, 7) is 18.2. The van der Waals surface area contributed by atoms with E-state index in [1.807, 2.05) is 0 Å².